The summed E-state index contributed by atoms with van der Waals surface area (Å²) in [6.07, 6.45) is 3.26. The molecule has 0 amide bonds. The highest BCUT2D eigenvalue weighted by atomic mass is 16.7. The lowest BCUT2D eigenvalue weighted by Crippen LogP contribution is -2.17. The largest absolute Gasteiger partial charge is 0.353 e. The van der Waals surface area contributed by atoms with Gasteiger partial charge < -0.3 is 9.47 Å². The monoisotopic (exact) mass is 222 g/mol. The normalized spacial score (nSPS) is 12.6. The molecule has 0 N–H and O–H groups in total. The van der Waals surface area contributed by atoms with E-state index in [2.05, 4.69) is 19.1 Å². The van der Waals surface area contributed by atoms with Crippen LogP contribution in [0.5, 0.6) is 0 Å². The van der Waals surface area contributed by atoms with Gasteiger partial charge in [-0.15, -0.1) is 0 Å². The molecule has 2 nitrogen and oxygen atoms in total. The van der Waals surface area contributed by atoms with Crippen molar-refractivity contribution >= 4 is 0 Å². The minimum absolute atomic E-state index is 0.0508. The van der Waals surface area contributed by atoms with Crippen LogP contribution < -0.4 is 0 Å². The minimum atomic E-state index is -0.0508. The van der Waals surface area contributed by atoms with Gasteiger partial charge in [0.15, 0.2) is 6.29 Å². The Hall–Kier alpha value is -0.860. The van der Waals surface area contributed by atoms with Crippen LogP contribution in [0.2, 0.25) is 0 Å². The summed E-state index contributed by atoms with van der Waals surface area (Å²) in [6, 6.07) is 10.2. The second kappa shape index (κ2) is 8.31. The summed E-state index contributed by atoms with van der Waals surface area (Å²) in [5.74, 6) is 0. The van der Waals surface area contributed by atoms with Crippen molar-refractivity contribution in [2.24, 2.45) is 0 Å². The Bertz CT molecular complexity index is 259. The van der Waals surface area contributed by atoms with Crippen LogP contribution in [-0.2, 0) is 16.1 Å². The van der Waals surface area contributed by atoms with E-state index in [0.717, 1.165) is 12.8 Å². The number of benzene rings is 1. The fourth-order valence-electron chi connectivity index (χ4n) is 1.53. The highest BCUT2D eigenvalue weighted by Crippen LogP contribution is 2.10. The third-order valence-corrected chi connectivity index (χ3v) is 2.42. The van der Waals surface area contributed by atoms with Gasteiger partial charge in [0, 0.05) is 6.61 Å². The predicted octanol–water partition coefficient (Wildman–Crippen LogP) is 3.76. The van der Waals surface area contributed by atoms with Crippen molar-refractivity contribution < 1.29 is 9.47 Å². The first-order valence-corrected chi connectivity index (χ1v) is 6.14. The molecule has 0 saturated heterocycles. The molecule has 0 aliphatic rings. The molecule has 1 aromatic carbocycles. The Morgan fingerprint density at radius 3 is 2.44 bits per heavy atom. The Kier molecular flexibility index (Phi) is 6.86. The minimum Gasteiger partial charge on any atom is -0.353 e. The molecule has 0 aliphatic carbocycles. The van der Waals surface area contributed by atoms with E-state index in [1.807, 2.05) is 25.1 Å². The van der Waals surface area contributed by atoms with Gasteiger partial charge in [-0.2, -0.15) is 0 Å². The van der Waals surface area contributed by atoms with Gasteiger partial charge in [0.2, 0.25) is 0 Å². The lowest BCUT2D eigenvalue weighted by Gasteiger charge is -2.17. The molecule has 0 saturated carbocycles. The molecule has 0 spiro atoms. The number of rotatable bonds is 8. The summed E-state index contributed by atoms with van der Waals surface area (Å²) in [4.78, 5) is 0. The van der Waals surface area contributed by atoms with E-state index < -0.39 is 0 Å². The molecule has 1 atom stereocenters. The first kappa shape index (κ1) is 13.2. The average Bonchev–Trinajstić information content (AvgIpc) is 2.34. The van der Waals surface area contributed by atoms with Crippen molar-refractivity contribution in [3.8, 4) is 0 Å². The maximum atomic E-state index is 5.75. The molecular weight excluding hydrogens is 200 g/mol. The van der Waals surface area contributed by atoms with Crippen LogP contribution in [0.15, 0.2) is 30.3 Å². The molecular formula is C14H22O2. The fraction of sp³-hybridized carbons (Fsp3) is 0.571. The molecule has 90 valence electrons. The summed E-state index contributed by atoms with van der Waals surface area (Å²) >= 11 is 0. The van der Waals surface area contributed by atoms with Crippen LogP contribution in [0.3, 0.4) is 0 Å². The van der Waals surface area contributed by atoms with E-state index in [1.54, 1.807) is 0 Å². The average molecular weight is 222 g/mol. The molecule has 0 radical (unpaired) electrons. The van der Waals surface area contributed by atoms with Gasteiger partial charge in [-0.1, -0.05) is 43.7 Å². The zero-order valence-corrected chi connectivity index (χ0v) is 10.3. The second-order valence-electron chi connectivity index (χ2n) is 3.82. The Labute approximate surface area is 98.6 Å². The van der Waals surface area contributed by atoms with Gasteiger partial charge >= 0.3 is 0 Å². The molecule has 1 rings (SSSR count). The molecule has 0 aliphatic heterocycles. The predicted molar refractivity (Wildman–Crippen MR) is 66.2 cm³/mol. The van der Waals surface area contributed by atoms with Crippen molar-refractivity contribution in [2.45, 2.75) is 46.0 Å². The smallest absolute Gasteiger partial charge is 0.158 e. The van der Waals surface area contributed by atoms with E-state index in [1.165, 1.54) is 12.0 Å². The van der Waals surface area contributed by atoms with Crippen molar-refractivity contribution in [2.75, 3.05) is 6.61 Å². The second-order valence-corrected chi connectivity index (χ2v) is 3.82. The van der Waals surface area contributed by atoms with Crippen LogP contribution >= 0.6 is 0 Å². The number of ether oxygens (including phenoxy) is 2. The maximum absolute atomic E-state index is 5.75. The van der Waals surface area contributed by atoms with Crippen molar-refractivity contribution in [3.05, 3.63) is 35.9 Å². The lowest BCUT2D eigenvalue weighted by atomic mass is 10.2. The number of unbranched alkanes of at least 4 members (excludes halogenated alkanes) is 1. The molecule has 0 bridgehead atoms. The fourth-order valence-corrected chi connectivity index (χ4v) is 1.53. The van der Waals surface area contributed by atoms with E-state index in [4.69, 9.17) is 9.47 Å². The Morgan fingerprint density at radius 1 is 1.06 bits per heavy atom. The standard InChI is InChI=1S/C14H22O2/c1-3-5-11-14(15-4-2)16-12-13-9-7-6-8-10-13/h6-10,14H,3-5,11-12H2,1-2H3. The zero-order valence-electron chi connectivity index (χ0n) is 10.3. The molecule has 1 aromatic rings. The Morgan fingerprint density at radius 2 is 1.81 bits per heavy atom. The number of hydrogen-bond acceptors (Lipinski definition) is 2. The zero-order chi connectivity index (χ0) is 11.6. The Balaban J connectivity index is 2.31. The molecule has 0 aromatic heterocycles. The van der Waals surface area contributed by atoms with Gasteiger partial charge in [-0.05, 0) is 25.3 Å². The van der Waals surface area contributed by atoms with Crippen LogP contribution in [-0.4, -0.2) is 12.9 Å². The quantitative estimate of drug-likeness (QED) is 0.623. The highest BCUT2D eigenvalue weighted by Gasteiger charge is 2.07. The molecule has 16 heavy (non-hydrogen) atoms. The van der Waals surface area contributed by atoms with E-state index in [9.17, 15) is 0 Å². The van der Waals surface area contributed by atoms with Crippen LogP contribution in [0, 0.1) is 0 Å². The molecule has 1 unspecified atom stereocenters. The van der Waals surface area contributed by atoms with E-state index >= 15 is 0 Å². The summed E-state index contributed by atoms with van der Waals surface area (Å²) in [5, 5.41) is 0. The lowest BCUT2D eigenvalue weighted by molar-refractivity contribution is -0.150. The summed E-state index contributed by atoms with van der Waals surface area (Å²) in [6.45, 7) is 5.53. The van der Waals surface area contributed by atoms with Gasteiger partial charge in [0.1, 0.15) is 0 Å². The van der Waals surface area contributed by atoms with E-state index in [-0.39, 0.29) is 6.29 Å². The van der Waals surface area contributed by atoms with E-state index in [0.29, 0.717) is 13.2 Å². The van der Waals surface area contributed by atoms with Crippen molar-refractivity contribution in [1.82, 2.24) is 0 Å². The van der Waals surface area contributed by atoms with Gasteiger partial charge in [0.25, 0.3) is 0 Å². The van der Waals surface area contributed by atoms with Gasteiger partial charge in [0.05, 0.1) is 6.61 Å². The van der Waals surface area contributed by atoms with Crippen LogP contribution in [0.4, 0.5) is 0 Å². The molecule has 0 fully saturated rings. The molecule has 2 heteroatoms. The first-order valence-electron chi connectivity index (χ1n) is 6.14. The first-order chi connectivity index (χ1) is 7.86. The SMILES string of the molecule is CCCCC(OCC)OCc1ccccc1. The van der Waals surface area contributed by atoms with Crippen molar-refractivity contribution in [1.29, 1.82) is 0 Å². The van der Waals surface area contributed by atoms with Crippen LogP contribution in [0.25, 0.3) is 0 Å². The van der Waals surface area contributed by atoms with Crippen LogP contribution in [0.1, 0.15) is 38.7 Å². The maximum Gasteiger partial charge on any atom is 0.158 e. The summed E-state index contributed by atoms with van der Waals surface area (Å²) in [7, 11) is 0. The third-order valence-electron chi connectivity index (χ3n) is 2.42. The summed E-state index contributed by atoms with van der Waals surface area (Å²) < 4.78 is 11.3. The topological polar surface area (TPSA) is 18.5 Å². The molecule has 0 heterocycles. The summed E-state index contributed by atoms with van der Waals surface area (Å²) in [5.41, 5.74) is 1.20. The van der Waals surface area contributed by atoms with Gasteiger partial charge in [-0.25, -0.2) is 0 Å². The number of hydrogen-bond donors (Lipinski definition) is 0. The van der Waals surface area contributed by atoms with Gasteiger partial charge in [-0.3, -0.25) is 0 Å². The third kappa shape index (κ3) is 5.29. The van der Waals surface area contributed by atoms with Crippen molar-refractivity contribution in [3.63, 3.8) is 0 Å². The highest BCUT2D eigenvalue weighted by molar-refractivity contribution is 5.13.